The largest absolute Gasteiger partial charge is 0.444 e. The van der Waals surface area contributed by atoms with E-state index in [-0.39, 0.29) is 23.9 Å². The minimum absolute atomic E-state index is 0.0419. The number of aryl methyl sites for hydroxylation is 1. The second-order valence-corrected chi connectivity index (χ2v) is 15.3. The molecule has 49 heavy (non-hydrogen) atoms. The summed E-state index contributed by atoms with van der Waals surface area (Å²) in [6.45, 7) is 15.4. The number of likely N-dealkylation sites (tertiary alicyclic amines) is 1. The Morgan fingerprint density at radius 1 is 0.959 bits per heavy atom. The van der Waals surface area contributed by atoms with Gasteiger partial charge < -0.3 is 24.4 Å². The molecule has 2 fully saturated rings. The molecule has 2 heterocycles. The molecule has 1 saturated carbocycles. The fourth-order valence-electron chi connectivity index (χ4n) is 6.24. The van der Waals surface area contributed by atoms with Crippen molar-refractivity contribution in [2.75, 3.05) is 31.1 Å². The normalized spacial score (nSPS) is 20.6. The molecule has 2 aliphatic rings. The Balaban J connectivity index is 1.29. The molecule has 5 rings (SSSR count). The van der Waals surface area contributed by atoms with Gasteiger partial charge in [-0.05, 0) is 102 Å². The number of ether oxygens (including phenoxy) is 3. The van der Waals surface area contributed by atoms with E-state index in [0.29, 0.717) is 57.0 Å². The van der Waals surface area contributed by atoms with Gasteiger partial charge in [0.05, 0.1) is 25.8 Å². The zero-order valence-corrected chi connectivity index (χ0v) is 29.9. The average Bonchev–Trinajstić information content (AvgIpc) is 3.67. The number of nitrogens with one attached hydrogen (secondary N) is 1. The van der Waals surface area contributed by atoms with Crippen LogP contribution in [0, 0.1) is 18.7 Å². The van der Waals surface area contributed by atoms with Crippen LogP contribution in [0.2, 0.25) is 0 Å². The minimum Gasteiger partial charge on any atom is -0.444 e. The van der Waals surface area contributed by atoms with E-state index >= 15 is 0 Å². The first-order valence-electron chi connectivity index (χ1n) is 17.2. The van der Waals surface area contributed by atoms with Crippen molar-refractivity contribution < 1.29 is 28.2 Å². The number of aromatic nitrogens is 1. The molecule has 4 atom stereocenters. The number of halogens is 1. The van der Waals surface area contributed by atoms with E-state index in [9.17, 15) is 14.0 Å². The molecule has 1 aliphatic carbocycles. The van der Waals surface area contributed by atoms with Crippen LogP contribution in [-0.4, -0.2) is 71.7 Å². The third-order valence-electron chi connectivity index (χ3n) is 8.49. The van der Waals surface area contributed by atoms with Crippen LogP contribution in [0.25, 0.3) is 0 Å². The van der Waals surface area contributed by atoms with Gasteiger partial charge in [0.2, 0.25) is 0 Å². The summed E-state index contributed by atoms with van der Waals surface area (Å²) in [7, 11) is 0. The van der Waals surface area contributed by atoms with Gasteiger partial charge in [-0.25, -0.2) is 19.0 Å². The zero-order chi connectivity index (χ0) is 35.3. The SMILES string of the molecule is Cc1cc(C[C@@H]2CN(C(=O)OC(C)(C)C)C[C@@H]2OCCNC2CC2c2cccc(F)c2)nc(N(Cc2ccccc2)C(=O)OC(C)(C)C)c1. The number of nitrogens with zero attached hydrogens (tertiary/aromatic N) is 3. The number of carbonyl (C=O) groups excluding carboxylic acids is 2. The number of rotatable bonds is 11. The van der Waals surface area contributed by atoms with Crippen LogP contribution < -0.4 is 10.2 Å². The molecule has 1 aromatic heterocycles. The van der Waals surface area contributed by atoms with Gasteiger partial charge in [-0.1, -0.05) is 42.5 Å². The summed E-state index contributed by atoms with van der Waals surface area (Å²) >= 11 is 0. The molecule has 0 bridgehead atoms. The Hall–Kier alpha value is -4.02. The molecule has 2 aromatic carbocycles. The standard InChI is InChI=1S/C39H51FN4O5/c1-26-18-31(42-35(19-26)44(37(46)49-39(5,6)7)23-27-12-9-8-10-13-27)21-29-24-43(36(45)48-38(2,3)4)25-34(29)47-17-16-41-33-22-32(33)28-14-11-15-30(40)20-28/h8-15,18-20,29,32-34,41H,16-17,21-25H2,1-7H3/t29-,32?,33?,34+/m1/s1. The predicted molar refractivity (Wildman–Crippen MR) is 188 cm³/mol. The lowest BCUT2D eigenvalue weighted by Crippen LogP contribution is -2.37. The van der Waals surface area contributed by atoms with E-state index in [1.165, 1.54) is 6.07 Å². The maximum absolute atomic E-state index is 13.7. The van der Waals surface area contributed by atoms with Gasteiger partial charge in [-0.15, -0.1) is 0 Å². The predicted octanol–water partition coefficient (Wildman–Crippen LogP) is 7.41. The Bertz CT molecular complexity index is 1590. The van der Waals surface area contributed by atoms with Crippen LogP contribution in [-0.2, 0) is 27.2 Å². The molecule has 1 aliphatic heterocycles. The van der Waals surface area contributed by atoms with Crippen LogP contribution >= 0.6 is 0 Å². The lowest BCUT2D eigenvalue weighted by molar-refractivity contribution is 0.0185. The zero-order valence-electron chi connectivity index (χ0n) is 29.9. The highest BCUT2D eigenvalue weighted by Crippen LogP contribution is 2.40. The number of amides is 2. The Labute approximate surface area is 290 Å². The fraction of sp³-hybridized carbons (Fsp3) is 0.513. The summed E-state index contributed by atoms with van der Waals surface area (Å²) < 4.78 is 31.6. The summed E-state index contributed by atoms with van der Waals surface area (Å²) in [6, 6.07) is 20.8. The Morgan fingerprint density at radius 3 is 2.39 bits per heavy atom. The van der Waals surface area contributed by atoms with Gasteiger partial charge in [0.15, 0.2) is 0 Å². The molecule has 0 radical (unpaired) electrons. The number of pyridine rings is 1. The van der Waals surface area contributed by atoms with Gasteiger partial charge in [-0.2, -0.15) is 0 Å². The van der Waals surface area contributed by atoms with Crippen molar-refractivity contribution in [2.24, 2.45) is 5.92 Å². The van der Waals surface area contributed by atoms with Crippen molar-refractivity contribution in [1.82, 2.24) is 15.2 Å². The summed E-state index contributed by atoms with van der Waals surface area (Å²) in [5.74, 6) is 0.562. The van der Waals surface area contributed by atoms with E-state index in [4.69, 9.17) is 19.2 Å². The first-order chi connectivity index (χ1) is 23.1. The lowest BCUT2D eigenvalue weighted by atomic mass is 9.98. The van der Waals surface area contributed by atoms with Crippen LogP contribution in [0.4, 0.5) is 19.8 Å². The van der Waals surface area contributed by atoms with Crippen LogP contribution in [0.1, 0.15) is 76.3 Å². The average molecular weight is 675 g/mol. The quantitative estimate of drug-likeness (QED) is 0.212. The third-order valence-corrected chi connectivity index (χ3v) is 8.49. The van der Waals surface area contributed by atoms with Crippen LogP contribution in [0.5, 0.6) is 0 Å². The van der Waals surface area contributed by atoms with Crippen molar-refractivity contribution in [2.45, 2.75) is 97.1 Å². The molecule has 1 N–H and O–H groups in total. The van der Waals surface area contributed by atoms with Gasteiger partial charge in [0, 0.05) is 36.7 Å². The van der Waals surface area contributed by atoms with Crippen molar-refractivity contribution >= 4 is 18.0 Å². The maximum Gasteiger partial charge on any atom is 0.416 e. The fourth-order valence-corrected chi connectivity index (χ4v) is 6.24. The van der Waals surface area contributed by atoms with Crippen molar-refractivity contribution in [1.29, 1.82) is 0 Å². The topological polar surface area (TPSA) is 93.2 Å². The monoisotopic (exact) mass is 674 g/mol. The second-order valence-electron chi connectivity index (χ2n) is 15.3. The van der Waals surface area contributed by atoms with E-state index in [0.717, 1.165) is 28.8 Å². The van der Waals surface area contributed by atoms with E-state index in [1.54, 1.807) is 21.9 Å². The van der Waals surface area contributed by atoms with E-state index in [1.807, 2.05) is 97.0 Å². The molecular weight excluding hydrogens is 623 g/mol. The highest BCUT2D eigenvalue weighted by molar-refractivity contribution is 5.86. The van der Waals surface area contributed by atoms with Crippen LogP contribution in [0.15, 0.2) is 66.7 Å². The highest BCUT2D eigenvalue weighted by Gasteiger charge is 2.40. The minimum atomic E-state index is -0.674. The first-order valence-corrected chi connectivity index (χ1v) is 17.2. The molecule has 0 spiro atoms. The first kappa shape index (κ1) is 36.3. The van der Waals surface area contributed by atoms with Crippen LogP contribution in [0.3, 0.4) is 0 Å². The second kappa shape index (κ2) is 15.3. The molecule has 9 nitrogen and oxygen atoms in total. The number of anilines is 1. The molecule has 2 amide bonds. The summed E-state index contributed by atoms with van der Waals surface area (Å²) in [4.78, 5) is 34.9. The third kappa shape index (κ3) is 10.7. The smallest absolute Gasteiger partial charge is 0.416 e. The molecule has 264 valence electrons. The molecule has 2 unspecified atom stereocenters. The van der Waals surface area contributed by atoms with Crippen molar-refractivity contribution in [3.05, 3.63) is 94.9 Å². The van der Waals surface area contributed by atoms with Crippen molar-refractivity contribution in [3.63, 3.8) is 0 Å². The molecule has 1 saturated heterocycles. The number of hydrogen-bond acceptors (Lipinski definition) is 7. The lowest BCUT2D eigenvalue weighted by Gasteiger charge is -2.27. The summed E-state index contributed by atoms with van der Waals surface area (Å²) in [5.41, 5.74) is 2.44. The summed E-state index contributed by atoms with van der Waals surface area (Å²) in [5, 5.41) is 3.54. The molecular formula is C39H51FN4O5. The number of benzene rings is 2. The van der Waals surface area contributed by atoms with E-state index < -0.39 is 17.3 Å². The highest BCUT2D eigenvalue weighted by atomic mass is 19.1. The van der Waals surface area contributed by atoms with Gasteiger partial charge in [0.1, 0.15) is 22.8 Å². The molecule has 3 aromatic rings. The van der Waals surface area contributed by atoms with Gasteiger partial charge >= 0.3 is 12.2 Å². The molecule has 10 heteroatoms. The van der Waals surface area contributed by atoms with Gasteiger partial charge in [0.25, 0.3) is 0 Å². The van der Waals surface area contributed by atoms with Crippen molar-refractivity contribution in [3.8, 4) is 0 Å². The van der Waals surface area contributed by atoms with E-state index in [2.05, 4.69) is 5.32 Å². The number of hydrogen-bond donors (Lipinski definition) is 1. The number of carbonyl (C=O) groups is 2. The van der Waals surface area contributed by atoms with Gasteiger partial charge in [-0.3, -0.25) is 4.90 Å². The Kier molecular flexibility index (Phi) is 11.3. The maximum atomic E-state index is 13.7. The summed E-state index contributed by atoms with van der Waals surface area (Å²) in [6.07, 6.45) is 0.443. The Morgan fingerprint density at radius 2 is 1.69 bits per heavy atom.